The van der Waals surface area contributed by atoms with Crippen LogP contribution in [-0.2, 0) is 13.0 Å². The van der Waals surface area contributed by atoms with E-state index >= 15 is 0 Å². The minimum absolute atomic E-state index is 0.0259. The Bertz CT molecular complexity index is 618. The maximum Gasteiger partial charge on any atom is 0.184 e. The molecule has 0 saturated carbocycles. The van der Waals surface area contributed by atoms with Gasteiger partial charge in [-0.3, -0.25) is 4.79 Å². The van der Waals surface area contributed by atoms with E-state index < -0.39 is 0 Å². The van der Waals surface area contributed by atoms with E-state index in [0.717, 1.165) is 17.7 Å². The van der Waals surface area contributed by atoms with Gasteiger partial charge < -0.3 is 4.74 Å². The van der Waals surface area contributed by atoms with Crippen molar-refractivity contribution in [3.63, 3.8) is 0 Å². The molecule has 2 aromatic rings. The number of hydrogen-bond acceptors (Lipinski definition) is 4. The van der Waals surface area contributed by atoms with E-state index in [4.69, 9.17) is 4.74 Å². The molecule has 1 aromatic carbocycles. The molecule has 1 aromatic heterocycles. The predicted molar refractivity (Wildman–Crippen MR) is 69.2 cm³/mol. The summed E-state index contributed by atoms with van der Waals surface area (Å²) < 4.78 is 7.32. The van der Waals surface area contributed by atoms with Crippen LogP contribution in [0.1, 0.15) is 29.8 Å². The summed E-state index contributed by atoms with van der Waals surface area (Å²) in [6.07, 6.45) is 3.79. The molecule has 0 saturated heterocycles. The number of rotatable bonds is 3. The third-order valence-corrected chi connectivity index (χ3v) is 3.16. The first-order chi connectivity index (χ1) is 9.03. The van der Waals surface area contributed by atoms with E-state index in [1.54, 1.807) is 6.07 Å². The molecule has 1 aliphatic heterocycles. The molecule has 0 N–H and O–H groups in total. The Morgan fingerprint density at radius 1 is 1.47 bits per heavy atom. The number of carbonyl (C=O) groups excluding carboxylic acids is 1. The van der Waals surface area contributed by atoms with Gasteiger partial charge in [-0.05, 0) is 37.6 Å². The average molecular weight is 257 g/mol. The van der Waals surface area contributed by atoms with E-state index in [1.807, 2.05) is 26.0 Å². The summed E-state index contributed by atoms with van der Waals surface area (Å²) in [5, 5.41) is 3.94. The Labute approximate surface area is 111 Å². The summed E-state index contributed by atoms with van der Waals surface area (Å²) in [5.41, 5.74) is 1.60. The van der Waals surface area contributed by atoms with Crippen molar-refractivity contribution in [2.45, 2.75) is 32.4 Å². The Morgan fingerprint density at radius 2 is 2.32 bits per heavy atom. The summed E-state index contributed by atoms with van der Waals surface area (Å²) in [5.74, 6) is 0.903. The fraction of sp³-hybridized carbons (Fsp3) is 0.357. The van der Waals surface area contributed by atoms with Gasteiger partial charge in [0.25, 0.3) is 0 Å². The zero-order valence-corrected chi connectivity index (χ0v) is 11.0. The highest BCUT2D eigenvalue weighted by molar-refractivity contribution is 5.96. The van der Waals surface area contributed by atoms with Gasteiger partial charge >= 0.3 is 0 Å². The standard InChI is InChI=1S/C14H15N3O2/c1-14(2)6-11-5-10(3-4-13(11)19-14)12(18)7-17-9-15-8-16-17/h3-5,8-9H,6-7H2,1-2H3. The van der Waals surface area contributed by atoms with Gasteiger partial charge in [0.15, 0.2) is 5.78 Å². The Morgan fingerprint density at radius 3 is 3.05 bits per heavy atom. The van der Waals surface area contributed by atoms with Crippen molar-refractivity contribution in [3.05, 3.63) is 42.0 Å². The van der Waals surface area contributed by atoms with Crippen LogP contribution >= 0.6 is 0 Å². The lowest BCUT2D eigenvalue weighted by molar-refractivity contribution is 0.0967. The fourth-order valence-corrected chi connectivity index (χ4v) is 2.34. The molecule has 0 bridgehead atoms. The van der Waals surface area contributed by atoms with Crippen LogP contribution in [0, 0.1) is 0 Å². The second kappa shape index (κ2) is 4.19. The quantitative estimate of drug-likeness (QED) is 0.788. The Kier molecular flexibility index (Phi) is 2.62. The molecule has 0 aliphatic carbocycles. The van der Waals surface area contributed by atoms with Crippen molar-refractivity contribution >= 4 is 5.78 Å². The zero-order chi connectivity index (χ0) is 13.5. The Hall–Kier alpha value is -2.17. The summed E-state index contributed by atoms with van der Waals surface area (Å²) in [4.78, 5) is 16.0. The number of benzene rings is 1. The van der Waals surface area contributed by atoms with Crippen LogP contribution in [0.3, 0.4) is 0 Å². The van der Waals surface area contributed by atoms with Crippen molar-refractivity contribution in [1.29, 1.82) is 0 Å². The number of ether oxygens (including phenoxy) is 1. The molecule has 5 nitrogen and oxygen atoms in total. The van der Waals surface area contributed by atoms with Crippen molar-refractivity contribution in [2.24, 2.45) is 0 Å². The van der Waals surface area contributed by atoms with Crippen molar-refractivity contribution < 1.29 is 9.53 Å². The third-order valence-electron chi connectivity index (χ3n) is 3.16. The number of aromatic nitrogens is 3. The monoisotopic (exact) mass is 257 g/mol. The van der Waals surface area contributed by atoms with Crippen LogP contribution in [0.4, 0.5) is 0 Å². The second-order valence-electron chi connectivity index (χ2n) is 5.38. The molecule has 2 heterocycles. The SMILES string of the molecule is CC1(C)Cc2cc(C(=O)Cn3cncn3)ccc2O1. The maximum atomic E-state index is 12.1. The molecule has 0 unspecified atom stereocenters. The molecule has 5 heteroatoms. The highest BCUT2D eigenvalue weighted by Crippen LogP contribution is 2.35. The smallest absolute Gasteiger partial charge is 0.184 e. The third kappa shape index (κ3) is 2.36. The first-order valence-electron chi connectivity index (χ1n) is 6.21. The summed E-state index contributed by atoms with van der Waals surface area (Å²) in [6.45, 7) is 4.30. The molecule has 3 rings (SSSR count). The highest BCUT2D eigenvalue weighted by Gasteiger charge is 2.30. The van der Waals surface area contributed by atoms with Crippen molar-refractivity contribution in [1.82, 2.24) is 14.8 Å². The topological polar surface area (TPSA) is 57.0 Å². The van der Waals surface area contributed by atoms with E-state index in [9.17, 15) is 4.79 Å². The van der Waals surface area contributed by atoms with Gasteiger partial charge in [0.2, 0.25) is 0 Å². The number of fused-ring (bicyclic) bond motifs is 1. The van der Waals surface area contributed by atoms with Gasteiger partial charge in [0, 0.05) is 12.0 Å². The number of carbonyl (C=O) groups is 1. The van der Waals surface area contributed by atoms with Gasteiger partial charge in [-0.15, -0.1) is 0 Å². The molecule has 19 heavy (non-hydrogen) atoms. The highest BCUT2D eigenvalue weighted by atomic mass is 16.5. The largest absolute Gasteiger partial charge is 0.487 e. The lowest BCUT2D eigenvalue weighted by Gasteiger charge is -2.16. The van der Waals surface area contributed by atoms with Gasteiger partial charge in [0.05, 0.1) is 0 Å². The first kappa shape index (κ1) is 11.9. The minimum atomic E-state index is -0.185. The molecule has 0 amide bonds. The van der Waals surface area contributed by atoms with Gasteiger partial charge in [-0.25, -0.2) is 9.67 Å². The second-order valence-corrected chi connectivity index (χ2v) is 5.38. The van der Waals surface area contributed by atoms with Crippen molar-refractivity contribution in [2.75, 3.05) is 0 Å². The van der Waals surface area contributed by atoms with E-state index in [-0.39, 0.29) is 17.9 Å². The summed E-state index contributed by atoms with van der Waals surface area (Å²) in [7, 11) is 0. The number of Topliss-reactive ketones (excluding diaryl/α,β-unsaturated/α-hetero) is 1. The minimum Gasteiger partial charge on any atom is -0.487 e. The summed E-state index contributed by atoms with van der Waals surface area (Å²) in [6, 6.07) is 5.60. The fourth-order valence-electron chi connectivity index (χ4n) is 2.34. The lowest BCUT2D eigenvalue weighted by atomic mass is 9.99. The average Bonchev–Trinajstić information content (AvgIpc) is 2.93. The molecule has 0 fully saturated rings. The normalized spacial score (nSPS) is 15.9. The van der Waals surface area contributed by atoms with Gasteiger partial charge in [-0.2, -0.15) is 5.10 Å². The Balaban J connectivity index is 1.82. The van der Waals surface area contributed by atoms with E-state index in [0.29, 0.717) is 5.56 Å². The first-order valence-corrected chi connectivity index (χ1v) is 6.21. The van der Waals surface area contributed by atoms with Crippen LogP contribution in [0.25, 0.3) is 0 Å². The predicted octanol–water partition coefficient (Wildman–Crippen LogP) is 1.87. The zero-order valence-electron chi connectivity index (χ0n) is 11.0. The number of hydrogen-bond donors (Lipinski definition) is 0. The van der Waals surface area contributed by atoms with Crippen LogP contribution < -0.4 is 4.74 Å². The molecular formula is C14H15N3O2. The van der Waals surface area contributed by atoms with Crippen LogP contribution in [0.2, 0.25) is 0 Å². The molecule has 1 aliphatic rings. The molecular weight excluding hydrogens is 242 g/mol. The van der Waals surface area contributed by atoms with Crippen LogP contribution in [0.5, 0.6) is 5.75 Å². The lowest BCUT2D eigenvalue weighted by Crippen LogP contribution is -2.24. The molecule has 0 spiro atoms. The van der Waals surface area contributed by atoms with E-state index in [2.05, 4.69) is 10.1 Å². The number of ketones is 1. The van der Waals surface area contributed by atoms with Gasteiger partial charge in [0.1, 0.15) is 30.5 Å². The van der Waals surface area contributed by atoms with E-state index in [1.165, 1.54) is 17.3 Å². The molecule has 0 radical (unpaired) electrons. The maximum absolute atomic E-state index is 12.1. The summed E-state index contributed by atoms with van der Waals surface area (Å²) >= 11 is 0. The van der Waals surface area contributed by atoms with Crippen LogP contribution in [-0.4, -0.2) is 26.1 Å². The van der Waals surface area contributed by atoms with Gasteiger partial charge in [-0.1, -0.05) is 0 Å². The molecule has 0 atom stereocenters. The number of nitrogens with zero attached hydrogens (tertiary/aromatic N) is 3. The van der Waals surface area contributed by atoms with Crippen molar-refractivity contribution in [3.8, 4) is 5.75 Å². The molecule has 98 valence electrons. The van der Waals surface area contributed by atoms with Crippen LogP contribution in [0.15, 0.2) is 30.9 Å².